The number of hydrogen-bond acceptors (Lipinski definition) is 7. The third kappa shape index (κ3) is 9.94. The number of carbonyl (C=O) groups excluding carboxylic acids is 5. The maximum atomic E-state index is 13.5. The summed E-state index contributed by atoms with van der Waals surface area (Å²) in [7, 11) is 0. The summed E-state index contributed by atoms with van der Waals surface area (Å²) in [6.07, 6.45) is 9.50. The third-order valence-electron chi connectivity index (χ3n) is 4.62. The Morgan fingerprint density at radius 1 is 1.14 bits per heavy atom. The third-order valence-corrected chi connectivity index (χ3v) is 4.62. The van der Waals surface area contributed by atoms with Crippen LogP contribution in [0.5, 0.6) is 0 Å². The van der Waals surface area contributed by atoms with Gasteiger partial charge in [0.2, 0.25) is 11.8 Å². The second-order valence-corrected chi connectivity index (χ2v) is 8.69. The molecule has 0 fully saturated rings. The molecular formula is C26H32N4O7. The summed E-state index contributed by atoms with van der Waals surface area (Å²) in [5, 5.41) is 4.83. The van der Waals surface area contributed by atoms with Crippen LogP contribution >= 0.6 is 0 Å². The van der Waals surface area contributed by atoms with E-state index >= 15 is 0 Å². The van der Waals surface area contributed by atoms with Gasteiger partial charge in [0.05, 0.1) is 19.4 Å². The van der Waals surface area contributed by atoms with E-state index in [0.717, 1.165) is 0 Å². The van der Waals surface area contributed by atoms with Gasteiger partial charge < -0.3 is 25.8 Å². The monoisotopic (exact) mass is 512 g/mol. The van der Waals surface area contributed by atoms with Gasteiger partial charge in [0.1, 0.15) is 17.7 Å². The van der Waals surface area contributed by atoms with Crippen LogP contribution in [-0.2, 0) is 28.7 Å². The predicted octanol–water partition coefficient (Wildman–Crippen LogP) is 0.966. The lowest BCUT2D eigenvalue weighted by atomic mass is 9.97. The summed E-state index contributed by atoms with van der Waals surface area (Å²) in [5.74, 6) is -0.746. The van der Waals surface area contributed by atoms with Crippen LogP contribution in [0.3, 0.4) is 0 Å². The standard InChI is InChI=1S/C26H32N4O7/c1-7-17-12-10-11-13-18(17)22(23(33)28-15-14-21(32)36-9-3)30(8-2)24(34)19(16-20(27)31)29-25(35)37-26(4,5)6/h1-2,10-13,19,22H,9,14-16H2,3-6H3,(H2,27,31)(H,28,33)(H,29,35). The van der Waals surface area contributed by atoms with E-state index in [9.17, 15) is 24.0 Å². The summed E-state index contributed by atoms with van der Waals surface area (Å²) in [4.78, 5) is 63.2. The van der Waals surface area contributed by atoms with E-state index in [2.05, 4.69) is 22.6 Å². The molecule has 37 heavy (non-hydrogen) atoms. The average molecular weight is 513 g/mol. The van der Waals surface area contributed by atoms with Crippen molar-refractivity contribution in [3.8, 4) is 24.8 Å². The SMILES string of the molecule is C#Cc1ccccc1C(C(=O)NCCC(=O)OCC)N(C#C)C(=O)C(CC(N)=O)NC(=O)OC(C)(C)C. The summed E-state index contributed by atoms with van der Waals surface area (Å²) in [6, 6.07) is 5.41. The molecule has 11 heteroatoms. The number of nitrogens with one attached hydrogen (secondary N) is 2. The molecule has 1 rings (SSSR count). The Bertz CT molecular complexity index is 1100. The van der Waals surface area contributed by atoms with Gasteiger partial charge in [-0.1, -0.05) is 30.5 Å². The minimum Gasteiger partial charge on any atom is -0.466 e. The van der Waals surface area contributed by atoms with Gasteiger partial charge in [-0.2, -0.15) is 0 Å². The van der Waals surface area contributed by atoms with Crippen molar-refractivity contribution in [1.82, 2.24) is 15.5 Å². The number of nitrogens with zero attached hydrogens (tertiary/aromatic N) is 1. The molecule has 0 saturated heterocycles. The quantitative estimate of drug-likeness (QED) is 0.226. The number of benzene rings is 1. The molecule has 0 spiro atoms. The van der Waals surface area contributed by atoms with Crippen molar-refractivity contribution in [2.45, 2.75) is 58.2 Å². The topological polar surface area (TPSA) is 157 Å². The molecule has 1 aromatic rings. The normalized spacial score (nSPS) is 12.1. The summed E-state index contributed by atoms with van der Waals surface area (Å²) >= 11 is 0. The smallest absolute Gasteiger partial charge is 0.408 e. The van der Waals surface area contributed by atoms with Crippen LogP contribution in [0.4, 0.5) is 4.79 Å². The van der Waals surface area contributed by atoms with Gasteiger partial charge in [0.15, 0.2) is 0 Å². The van der Waals surface area contributed by atoms with Crippen molar-refractivity contribution in [3.05, 3.63) is 35.4 Å². The Labute approximate surface area is 216 Å². The molecule has 1 aromatic carbocycles. The highest BCUT2D eigenvalue weighted by Crippen LogP contribution is 2.25. The van der Waals surface area contributed by atoms with Crippen molar-refractivity contribution in [3.63, 3.8) is 0 Å². The van der Waals surface area contributed by atoms with Gasteiger partial charge in [-0.25, -0.2) is 4.79 Å². The Hall–Kier alpha value is -4.51. The van der Waals surface area contributed by atoms with E-state index in [0.29, 0.717) is 4.90 Å². The van der Waals surface area contributed by atoms with Gasteiger partial charge in [0.25, 0.3) is 5.91 Å². The molecule has 4 amide bonds. The average Bonchev–Trinajstić information content (AvgIpc) is 2.80. The second kappa shape index (κ2) is 14.1. The van der Waals surface area contributed by atoms with Crippen molar-refractivity contribution in [2.24, 2.45) is 5.73 Å². The lowest BCUT2D eigenvalue weighted by Gasteiger charge is -2.30. The highest BCUT2D eigenvalue weighted by molar-refractivity contribution is 5.95. The fraction of sp³-hybridized carbons (Fsp3) is 0.423. The lowest BCUT2D eigenvalue weighted by molar-refractivity contribution is -0.143. The Kier molecular flexibility index (Phi) is 11.7. The van der Waals surface area contributed by atoms with Crippen molar-refractivity contribution >= 4 is 29.8 Å². The van der Waals surface area contributed by atoms with Crippen LogP contribution in [0.15, 0.2) is 24.3 Å². The number of nitrogens with two attached hydrogens (primary N) is 1. The maximum absolute atomic E-state index is 13.5. The second-order valence-electron chi connectivity index (χ2n) is 8.69. The van der Waals surface area contributed by atoms with Crippen molar-refractivity contribution in [1.29, 1.82) is 0 Å². The first-order chi connectivity index (χ1) is 17.3. The van der Waals surface area contributed by atoms with Crippen LogP contribution in [0.1, 0.15) is 57.7 Å². The molecule has 2 unspecified atom stereocenters. The first-order valence-corrected chi connectivity index (χ1v) is 11.4. The van der Waals surface area contributed by atoms with E-state index in [1.165, 1.54) is 6.07 Å². The zero-order chi connectivity index (χ0) is 28.2. The maximum Gasteiger partial charge on any atom is 0.408 e. The molecule has 11 nitrogen and oxygen atoms in total. The largest absolute Gasteiger partial charge is 0.466 e. The zero-order valence-electron chi connectivity index (χ0n) is 21.3. The molecule has 0 heterocycles. The van der Waals surface area contributed by atoms with Crippen molar-refractivity contribution < 1.29 is 33.4 Å². The molecule has 0 saturated carbocycles. The molecule has 2 atom stereocenters. The van der Waals surface area contributed by atoms with Crippen LogP contribution in [0.2, 0.25) is 0 Å². The molecule has 0 radical (unpaired) electrons. The predicted molar refractivity (Wildman–Crippen MR) is 134 cm³/mol. The van der Waals surface area contributed by atoms with E-state index in [4.69, 9.17) is 28.1 Å². The van der Waals surface area contributed by atoms with Gasteiger partial charge in [0, 0.05) is 23.7 Å². The fourth-order valence-electron chi connectivity index (χ4n) is 3.17. The molecule has 0 aliphatic rings. The number of rotatable bonds is 11. The van der Waals surface area contributed by atoms with Crippen LogP contribution in [0.25, 0.3) is 0 Å². The first kappa shape index (κ1) is 30.5. The lowest BCUT2D eigenvalue weighted by Crippen LogP contribution is -2.52. The van der Waals surface area contributed by atoms with Gasteiger partial charge in [-0.3, -0.25) is 24.1 Å². The van der Waals surface area contributed by atoms with Gasteiger partial charge in [-0.05, 0) is 33.8 Å². The zero-order valence-corrected chi connectivity index (χ0v) is 21.3. The Balaban J connectivity index is 3.39. The highest BCUT2D eigenvalue weighted by atomic mass is 16.6. The Morgan fingerprint density at radius 3 is 2.32 bits per heavy atom. The van der Waals surface area contributed by atoms with Gasteiger partial charge in [-0.15, -0.1) is 6.42 Å². The number of primary amides is 1. The van der Waals surface area contributed by atoms with E-state index in [1.807, 2.05) is 0 Å². The van der Waals surface area contributed by atoms with E-state index in [1.54, 1.807) is 45.9 Å². The number of carbonyl (C=O) groups is 5. The Morgan fingerprint density at radius 2 is 1.78 bits per heavy atom. The molecule has 0 aliphatic heterocycles. The summed E-state index contributed by atoms with van der Waals surface area (Å²) in [6.45, 7) is 6.54. The molecule has 4 N–H and O–H groups in total. The minimum atomic E-state index is -1.55. The molecule has 0 aromatic heterocycles. The number of alkyl carbamates (subject to hydrolysis) is 1. The molecule has 0 aliphatic carbocycles. The van der Waals surface area contributed by atoms with Crippen LogP contribution in [0, 0.1) is 24.8 Å². The van der Waals surface area contributed by atoms with Crippen molar-refractivity contribution in [2.75, 3.05) is 13.2 Å². The summed E-state index contributed by atoms with van der Waals surface area (Å²) in [5.41, 5.74) is 4.86. The van der Waals surface area contributed by atoms with Crippen LogP contribution < -0.4 is 16.4 Å². The number of amides is 4. The van der Waals surface area contributed by atoms with E-state index in [-0.39, 0.29) is 30.7 Å². The number of terminal acetylenes is 2. The number of esters is 1. The van der Waals surface area contributed by atoms with Gasteiger partial charge >= 0.3 is 12.1 Å². The summed E-state index contributed by atoms with van der Waals surface area (Å²) < 4.78 is 10.0. The fourth-order valence-corrected chi connectivity index (χ4v) is 3.17. The van der Waals surface area contributed by atoms with Crippen LogP contribution in [-0.4, -0.2) is 59.5 Å². The number of ether oxygens (including phenoxy) is 2. The number of hydrogen-bond donors (Lipinski definition) is 3. The molecular weight excluding hydrogens is 480 g/mol. The first-order valence-electron chi connectivity index (χ1n) is 11.4. The molecule has 198 valence electrons. The van der Waals surface area contributed by atoms with E-state index < -0.39 is 53.9 Å². The molecule has 0 bridgehead atoms. The highest BCUT2D eigenvalue weighted by Gasteiger charge is 2.37. The minimum absolute atomic E-state index is 0.111.